The fraction of sp³-hybridized carbons (Fsp3) is 0.600. The number of hydrogen-bond donors (Lipinski definition) is 1. The molecule has 2 N–H and O–H groups in total. The molecule has 0 saturated carbocycles. The monoisotopic (exact) mass is 265 g/mol. The minimum Gasteiger partial charge on any atom is -0.364 e. The molecule has 0 aromatic heterocycles. The van der Waals surface area contributed by atoms with Crippen LogP contribution < -0.4 is 10.6 Å². The first kappa shape index (κ1) is 14.3. The summed E-state index contributed by atoms with van der Waals surface area (Å²) in [5, 5.41) is 0. The number of rotatable bonds is 3. The fourth-order valence-electron chi connectivity index (χ4n) is 2.95. The van der Waals surface area contributed by atoms with Gasteiger partial charge in [-0.25, -0.2) is 4.39 Å². The van der Waals surface area contributed by atoms with E-state index >= 15 is 0 Å². The summed E-state index contributed by atoms with van der Waals surface area (Å²) in [6.45, 7) is 5.04. The number of halogens is 1. The molecule has 1 aliphatic rings. The Morgan fingerprint density at radius 1 is 1.32 bits per heavy atom. The van der Waals surface area contributed by atoms with Crippen molar-refractivity contribution in [3.63, 3.8) is 0 Å². The van der Waals surface area contributed by atoms with Gasteiger partial charge in [0.2, 0.25) is 0 Å². The lowest BCUT2D eigenvalue weighted by Gasteiger charge is -2.37. The van der Waals surface area contributed by atoms with Gasteiger partial charge in [-0.2, -0.15) is 0 Å². The molecule has 1 fully saturated rings. The van der Waals surface area contributed by atoms with Gasteiger partial charge in [-0.15, -0.1) is 0 Å². The highest BCUT2D eigenvalue weighted by atomic mass is 19.1. The van der Waals surface area contributed by atoms with Crippen LogP contribution in [0.3, 0.4) is 0 Å². The quantitative estimate of drug-likeness (QED) is 0.908. The maximum Gasteiger partial charge on any atom is 0.123 e. The van der Waals surface area contributed by atoms with Gasteiger partial charge < -0.3 is 15.5 Å². The molecule has 0 amide bonds. The molecule has 0 spiro atoms. The van der Waals surface area contributed by atoms with Gasteiger partial charge in [0.15, 0.2) is 0 Å². The van der Waals surface area contributed by atoms with Gasteiger partial charge >= 0.3 is 0 Å². The molecule has 1 aliphatic heterocycles. The summed E-state index contributed by atoms with van der Waals surface area (Å²) in [6.07, 6.45) is 2.08. The Hall–Kier alpha value is -1.13. The molecular formula is C15H24FN3. The first-order valence-electron chi connectivity index (χ1n) is 7.04. The Labute approximate surface area is 115 Å². The van der Waals surface area contributed by atoms with Crippen LogP contribution in [0.1, 0.15) is 19.8 Å². The molecule has 1 aromatic rings. The molecule has 19 heavy (non-hydrogen) atoms. The smallest absolute Gasteiger partial charge is 0.123 e. The van der Waals surface area contributed by atoms with Crippen molar-refractivity contribution in [1.82, 2.24) is 4.90 Å². The second-order valence-corrected chi connectivity index (χ2v) is 5.51. The van der Waals surface area contributed by atoms with E-state index in [1.54, 1.807) is 0 Å². The van der Waals surface area contributed by atoms with Crippen LogP contribution in [0.2, 0.25) is 0 Å². The maximum absolute atomic E-state index is 13.1. The summed E-state index contributed by atoms with van der Waals surface area (Å²) >= 11 is 0. The second-order valence-electron chi connectivity index (χ2n) is 5.51. The van der Waals surface area contributed by atoms with E-state index in [2.05, 4.69) is 23.8 Å². The summed E-state index contributed by atoms with van der Waals surface area (Å²) in [5.74, 6) is -0.182. The summed E-state index contributed by atoms with van der Waals surface area (Å²) in [6, 6.07) is 7.68. The standard InChI is InChI=1S/C15H24FN3/c1-12-8-10-18(2)11-15(7-9-17)19(12)14-5-3-13(16)4-6-14/h3-6,12,15H,7-11,17H2,1-2H3. The van der Waals surface area contributed by atoms with Crippen molar-refractivity contribution in [1.29, 1.82) is 0 Å². The van der Waals surface area contributed by atoms with E-state index < -0.39 is 0 Å². The summed E-state index contributed by atoms with van der Waals surface area (Å²) in [4.78, 5) is 4.77. The molecule has 3 nitrogen and oxygen atoms in total. The normalized spacial score (nSPS) is 25.4. The number of hydrogen-bond acceptors (Lipinski definition) is 3. The molecule has 0 aliphatic carbocycles. The minimum atomic E-state index is -0.182. The van der Waals surface area contributed by atoms with Crippen LogP contribution in [-0.4, -0.2) is 43.7 Å². The van der Waals surface area contributed by atoms with Crippen molar-refractivity contribution < 1.29 is 4.39 Å². The number of benzene rings is 1. The van der Waals surface area contributed by atoms with Crippen LogP contribution in [0.15, 0.2) is 24.3 Å². The maximum atomic E-state index is 13.1. The van der Waals surface area contributed by atoms with Crippen LogP contribution in [0.4, 0.5) is 10.1 Å². The fourth-order valence-corrected chi connectivity index (χ4v) is 2.95. The van der Waals surface area contributed by atoms with Gasteiger partial charge in [0.25, 0.3) is 0 Å². The third-order valence-electron chi connectivity index (χ3n) is 3.94. The molecule has 2 unspecified atom stereocenters. The van der Waals surface area contributed by atoms with E-state index in [-0.39, 0.29) is 5.82 Å². The molecule has 1 saturated heterocycles. The van der Waals surface area contributed by atoms with Crippen LogP contribution in [0.25, 0.3) is 0 Å². The number of likely N-dealkylation sites (N-methyl/N-ethyl adjacent to an activating group) is 1. The molecular weight excluding hydrogens is 241 g/mol. The SMILES string of the molecule is CC1CCN(C)CC(CCN)N1c1ccc(F)cc1. The van der Waals surface area contributed by atoms with Gasteiger partial charge in [-0.3, -0.25) is 0 Å². The van der Waals surface area contributed by atoms with E-state index in [4.69, 9.17) is 5.73 Å². The van der Waals surface area contributed by atoms with E-state index in [0.29, 0.717) is 18.6 Å². The average Bonchev–Trinajstić information content (AvgIpc) is 2.51. The van der Waals surface area contributed by atoms with Gasteiger partial charge in [0.1, 0.15) is 5.82 Å². The van der Waals surface area contributed by atoms with Crippen molar-refractivity contribution in [2.75, 3.05) is 31.6 Å². The van der Waals surface area contributed by atoms with Crippen LogP contribution >= 0.6 is 0 Å². The number of anilines is 1. The van der Waals surface area contributed by atoms with Crippen molar-refractivity contribution in [3.05, 3.63) is 30.1 Å². The molecule has 2 atom stereocenters. The molecule has 1 heterocycles. The summed E-state index contributed by atoms with van der Waals surface area (Å²) < 4.78 is 13.1. The van der Waals surface area contributed by atoms with E-state index in [1.807, 2.05) is 12.1 Å². The van der Waals surface area contributed by atoms with Crippen LogP contribution in [0, 0.1) is 5.82 Å². The highest BCUT2D eigenvalue weighted by Gasteiger charge is 2.27. The molecule has 106 valence electrons. The summed E-state index contributed by atoms with van der Waals surface area (Å²) in [7, 11) is 2.16. The highest BCUT2D eigenvalue weighted by Crippen LogP contribution is 2.26. The third kappa shape index (κ3) is 3.45. The van der Waals surface area contributed by atoms with Crippen molar-refractivity contribution >= 4 is 5.69 Å². The van der Waals surface area contributed by atoms with Crippen molar-refractivity contribution in [2.45, 2.75) is 31.8 Å². The molecule has 4 heteroatoms. The van der Waals surface area contributed by atoms with E-state index in [9.17, 15) is 4.39 Å². The highest BCUT2D eigenvalue weighted by molar-refractivity contribution is 5.48. The van der Waals surface area contributed by atoms with Gasteiger partial charge in [-0.1, -0.05) is 0 Å². The Balaban J connectivity index is 2.27. The molecule has 2 rings (SSSR count). The van der Waals surface area contributed by atoms with E-state index in [1.165, 1.54) is 12.1 Å². The Morgan fingerprint density at radius 2 is 2.00 bits per heavy atom. The van der Waals surface area contributed by atoms with Crippen LogP contribution in [0.5, 0.6) is 0 Å². The predicted octanol–water partition coefficient (Wildman–Crippen LogP) is 2.07. The van der Waals surface area contributed by atoms with Crippen molar-refractivity contribution in [3.8, 4) is 0 Å². The lowest BCUT2D eigenvalue weighted by Crippen LogP contribution is -2.45. The Morgan fingerprint density at radius 3 is 2.63 bits per heavy atom. The minimum absolute atomic E-state index is 0.182. The Kier molecular flexibility index (Phi) is 4.77. The van der Waals surface area contributed by atoms with Crippen LogP contribution in [-0.2, 0) is 0 Å². The lowest BCUT2D eigenvalue weighted by molar-refractivity contribution is 0.326. The van der Waals surface area contributed by atoms with Gasteiger partial charge in [-0.05, 0) is 64.2 Å². The Bertz CT molecular complexity index is 393. The molecule has 0 radical (unpaired) electrons. The zero-order valence-corrected chi connectivity index (χ0v) is 11.8. The van der Waals surface area contributed by atoms with Gasteiger partial charge in [0, 0.05) is 24.3 Å². The molecule has 1 aromatic carbocycles. The van der Waals surface area contributed by atoms with E-state index in [0.717, 1.165) is 31.6 Å². The number of nitrogens with two attached hydrogens (primary N) is 1. The largest absolute Gasteiger partial charge is 0.364 e. The third-order valence-corrected chi connectivity index (χ3v) is 3.94. The zero-order chi connectivity index (χ0) is 13.8. The predicted molar refractivity (Wildman–Crippen MR) is 77.9 cm³/mol. The van der Waals surface area contributed by atoms with Gasteiger partial charge in [0.05, 0.1) is 0 Å². The first-order chi connectivity index (χ1) is 9.11. The molecule has 0 bridgehead atoms. The number of nitrogens with zero attached hydrogens (tertiary/aromatic N) is 2. The first-order valence-corrected chi connectivity index (χ1v) is 7.04. The van der Waals surface area contributed by atoms with Crippen molar-refractivity contribution in [2.24, 2.45) is 5.73 Å². The topological polar surface area (TPSA) is 32.5 Å². The zero-order valence-electron chi connectivity index (χ0n) is 11.8. The summed E-state index contributed by atoms with van der Waals surface area (Å²) in [5.41, 5.74) is 6.86. The second kappa shape index (κ2) is 6.35. The lowest BCUT2D eigenvalue weighted by atomic mass is 10.1. The average molecular weight is 265 g/mol.